The fourth-order valence-corrected chi connectivity index (χ4v) is 3.05. The maximum Gasteiger partial charge on any atom is 0.406 e. The Balaban J connectivity index is 1.84. The van der Waals surface area contributed by atoms with E-state index in [9.17, 15) is 9.59 Å². The zero-order valence-corrected chi connectivity index (χ0v) is 14.1. The van der Waals surface area contributed by atoms with Gasteiger partial charge in [-0.15, -0.1) is 0 Å². The van der Waals surface area contributed by atoms with Gasteiger partial charge >= 0.3 is 6.09 Å². The van der Waals surface area contributed by atoms with Crippen molar-refractivity contribution in [3.05, 3.63) is 35.9 Å². The van der Waals surface area contributed by atoms with Gasteiger partial charge in [-0.1, -0.05) is 37.3 Å². The number of hydrogen-bond donors (Lipinski definition) is 1. The largest absolute Gasteiger partial charge is 0.453 e. The molecule has 5 heteroatoms. The smallest absolute Gasteiger partial charge is 0.406 e. The molecule has 1 aliphatic rings. The summed E-state index contributed by atoms with van der Waals surface area (Å²) in [6, 6.07) is 10.7. The summed E-state index contributed by atoms with van der Waals surface area (Å²) in [7, 11) is 3.19. The summed E-state index contributed by atoms with van der Waals surface area (Å²) in [4.78, 5) is 25.6. The Morgan fingerprint density at radius 3 is 2.52 bits per heavy atom. The van der Waals surface area contributed by atoms with Crippen LogP contribution < -0.4 is 5.32 Å². The molecule has 0 heterocycles. The average molecular weight is 318 g/mol. The maximum atomic E-state index is 12.6. The van der Waals surface area contributed by atoms with Crippen LogP contribution in [-0.4, -0.2) is 43.6 Å². The lowest BCUT2D eigenvalue weighted by atomic mass is 9.75. The zero-order chi connectivity index (χ0) is 16.8. The van der Waals surface area contributed by atoms with Gasteiger partial charge in [-0.05, 0) is 30.7 Å². The molecule has 23 heavy (non-hydrogen) atoms. The molecule has 0 unspecified atom stereocenters. The molecule has 1 aromatic rings. The first-order chi connectivity index (χ1) is 11.1. The van der Waals surface area contributed by atoms with Crippen molar-refractivity contribution < 1.29 is 14.3 Å². The van der Waals surface area contributed by atoms with Crippen molar-refractivity contribution in [3.8, 4) is 0 Å². The monoisotopic (exact) mass is 318 g/mol. The van der Waals surface area contributed by atoms with Crippen molar-refractivity contribution in [2.75, 3.05) is 20.7 Å². The maximum absolute atomic E-state index is 12.6. The number of amides is 2. The van der Waals surface area contributed by atoms with Crippen LogP contribution in [0.2, 0.25) is 0 Å². The number of benzene rings is 1. The van der Waals surface area contributed by atoms with Gasteiger partial charge in [-0.3, -0.25) is 4.79 Å². The molecule has 2 rings (SSSR count). The van der Waals surface area contributed by atoms with Crippen LogP contribution in [-0.2, 0) is 9.53 Å². The molecule has 0 spiro atoms. The number of nitrogens with one attached hydrogen (secondary N) is 1. The second-order valence-corrected chi connectivity index (χ2v) is 6.16. The number of carbonyl (C=O) groups is 2. The summed E-state index contributed by atoms with van der Waals surface area (Å²) in [5.74, 6) is 0.444. The van der Waals surface area contributed by atoms with Crippen LogP contribution in [0.4, 0.5) is 4.79 Å². The van der Waals surface area contributed by atoms with E-state index in [0.717, 1.165) is 12.8 Å². The third kappa shape index (κ3) is 4.24. The number of rotatable bonds is 6. The third-order valence-electron chi connectivity index (χ3n) is 4.80. The van der Waals surface area contributed by atoms with E-state index in [1.54, 1.807) is 0 Å². The quantitative estimate of drug-likeness (QED) is 0.877. The molecule has 1 atom stereocenters. The molecule has 1 aromatic carbocycles. The minimum atomic E-state index is -0.494. The van der Waals surface area contributed by atoms with Gasteiger partial charge in [0, 0.05) is 19.6 Å². The van der Waals surface area contributed by atoms with E-state index >= 15 is 0 Å². The highest BCUT2D eigenvalue weighted by Gasteiger charge is 2.36. The molecular weight excluding hydrogens is 292 g/mol. The summed E-state index contributed by atoms with van der Waals surface area (Å²) >= 11 is 0. The van der Waals surface area contributed by atoms with E-state index < -0.39 is 6.09 Å². The van der Waals surface area contributed by atoms with Crippen molar-refractivity contribution in [2.24, 2.45) is 5.92 Å². The lowest BCUT2D eigenvalue weighted by Gasteiger charge is -2.42. The summed E-state index contributed by atoms with van der Waals surface area (Å²) in [6.07, 6.45) is 2.22. The van der Waals surface area contributed by atoms with Crippen LogP contribution in [0, 0.1) is 5.92 Å². The first-order valence-corrected chi connectivity index (χ1v) is 8.20. The van der Waals surface area contributed by atoms with Crippen LogP contribution in [0.25, 0.3) is 0 Å². The zero-order valence-electron chi connectivity index (χ0n) is 14.1. The minimum absolute atomic E-state index is 0.0976. The van der Waals surface area contributed by atoms with E-state index in [2.05, 4.69) is 34.3 Å². The number of methoxy groups -OCH3 is 1. The average Bonchev–Trinajstić information content (AvgIpc) is 2.54. The van der Waals surface area contributed by atoms with Gasteiger partial charge in [0.05, 0.1) is 13.0 Å². The van der Waals surface area contributed by atoms with Gasteiger partial charge in [0.1, 0.15) is 0 Å². The SMILES string of the molecule is CC[C@H](CNC(=O)OC)C(=O)N(C)C1CC(c2ccccc2)C1. The number of nitrogens with zero attached hydrogens (tertiary/aromatic N) is 1. The number of alkyl carbamates (subject to hydrolysis) is 1. The number of carbonyl (C=O) groups excluding carboxylic acids is 2. The predicted molar refractivity (Wildman–Crippen MR) is 89.2 cm³/mol. The minimum Gasteiger partial charge on any atom is -0.453 e. The lowest BCUT2D eigenvalue weighted by Crippen LogP contribution is -2.48. The first kappa shape index (κ1) is 17.3. The van der Waals surface area contributed by atoms with Crippen LogP contribution in [0.3, 0.4) is 0 Å². The molecule has 1 fully saturated rings. The summed E-state index contributed by atoms with van der Waals surface area (Å²) < 4.78 is 4.55. The fraction of sp³-hybridized carbons (Fsp3) is 0.556. The summed E-state index contributed by atoms with van der Waals surface area (Å²) in [5, 5.41) is 2.62. The van der Waals surface area contributed by atoms with Crippen molar-refractivity contribution in [2.45, 2.75) is 38.1 Å². The van der Waals surface area contributed by atoms with Gasteiger partial charge in [-0.2, -0.15) is 0 Å². The molecule has 1 N–H and O–H groups in total. The van der Waals surface area contributed by atoms with Crippen molar-refractivity contribution in [1.29, 1.82) is 0 Å². The van der Waals surface area contributed by atoms with Gasteiger partial charge < -0.3 is 15.0 Å². The van der Waals surface area contributed by atoms with Crippen molar-refractivity contribution >= 4 is 12.0 Å². The Morgan fingerprint density at radius 1 is 1.30 bits per heavy atom. The highest BCUT2D eigenvalue weighted by molar-refractivity contribution is 5.80. The molecule has 1 aliphatic carbocycles. The van der Waals surface area contributed by atoms with E-state index in [1.807, 2.05) is 24.9 Å². The molecule has 126 valence electrons. The van der Waals surface area contributed by atoms with Gasteiger partial charge in [0.25, 0.3) is 0 Å². The Morgan fingerprint density at radius 2 is 1.96 bits per heavy atom. The van der Waals surface area contributed by atoms with E-state index in [-0.39, 0.29) is 11.8 Å². The second-order valence-electron chi connectivity index (χ2n) is 6.16. The number of hydrogen-bond acceptors (Lipinski definition) is 3. The first-order valence-electron chi connectivity index (χ1n) is 8.20. The van der Waals surface area contributed by atoms with Crippen molar-refractivity contribution in [3.63, 3.8) is 0 Å². The standard InChI is InChI=1S/C18H26N2O3/c1-4-13(12-19-18(22)23-3)17(21)20(2)16-10-15(11-16)14-8-6-5-7-9-14/h5-9,13,15-16H,4,10-12H2,1-3H3,(H,19,22)/t13-,15?,16?/m1/s1. The van der Waals surface area contributed by atoms with Gasteiger partial charge in [0.15, 0.2) is 0 Å². The van der Waals surface area contributed by atoms with Crippen LogP contribution in [0.15, 0.2) is 30.3 Å². The Kier molecular flexibility index (Phi) is 6.02. The lowest BCUT2D eigenvalue weighted by molar-refractivity contribution is -0.138. The Hall–Kier alpha value is -2.04. The Labute approximate surface area is 138 Å². The van der Waals surface area contributed by atoms with E-state index in [1.165, 1.54) is 12.7 Å². The molecule has 0 bridgehead atoms. The molecule has 0 aliphatic heterocycles. The highest BCUT2D eigenvalue weighted by Crippen LogP contribution is 2.39. The van der Waals surface area contributed by atoms with Crippen LogP contribution in [0.5, 0.6) is 0 Å². The normalized spacial score (nSPS) is 21.0. The second kappa shape index (κ2) is 7.99. The third-order valence-corrected chi connectivity index (χ3v) is 4.80. The van der Waals surface area contributed by atoms with Crippen LogP contribution >= 0.6 is 0 Å². The van der Waals surface area contributed by atoms with Crippen LogP contribution in [0.1, 0.15) is 37.7 Å². The fourth-order valence-electron chi connectivity index (χ4n) is 3.05. The topological polar surface area (TPSA) is 58.6 Å². The molecular formula is C18H26N2O3. The van der Waals surface area contributed by atoms with E-state index in [0.29, 0.717) is 24.9 Å². The van der Waals surface area contributed by atoms with Crippen molar-refractivity contribution in [1.82, 2.24) is 10.2 Å². The van der Waals surface area contributed by atoms with Gasteiger partial charge in [-0.25, -0.2) is 4.79 Å². The molecule has 0 aromatic heterocycles. The summed E-state index contributed by atoms with van der Waals surface area (Å²) in [5.41, 5.74) is 1.35. The Bertz CT molecular complexity index is 526. The highest BCUT2D eigenvalue weighted by atomic mass is 16.5. The van der Waals surface area contributed by atoms with E-state index in [4.69, 9.17) is 0 Å². The van der Waals surface area contributed by atoms with Gasteiger partial charge in [0.2, 0.25) is 5.91 Å². The predicted octanol–water partition coefficient (Wildman–Crippen LogP) is 2.77. The molecule has 1 saturated carbocycles. The molecule has 5 nitrogen and oxygen atoms in total. The molecule has 0 radical (unpaired) electrons. The molecule has 0 saturated heterocycles. The summed E-state index contributed by atoms with van der Waals surface area (Å²) in [6.45, 7) is 2.28. The molecule has 2 amide bonds. The number of ether oxygens (including phenoxy) is 1.